The van der Waals surface area contributed by atoms with Crippen molar-refractivity contribution in [2.24, 2.45) is 5.73 Å². The summed E-state index contributed by atoms with van der Waals surface area (Å²) >= 11 is 0. The number of fused-ring (bicyclic) bond motifs is 3. The number of aliphatic hydroxyl groups is 1. The second-order valence-electron chi connectivity index (χ2n) is 7.21. The van der Waals surface area contributed by atoms with E-state index in [-0.39, 0.29) is 57.6 Å². The molecule has 164 valence electrons. The Bertz CT molecular complexity index is 968. The molecule has 1 aliphatic carbocycles. The van der Waals surface area contributed by atoms with Crippen LogP contribution in [0, 0.1) is 0 Å². The molecule has 0 heterocycles. The van der Waals surface area contributed by atoms with Gasteiger partial charge in [-0.2, -0.15) is 13.5 Å². The lowest BCUT2D eigenvalue weighted by Gasteiger charge is -2.16. The Morgan fingerprint density at radius 1 is 0.968 bits per heavy atom. The van der Waals surface area contributed by atoms with Gasteiger partial charge in [-0.25, -0.2) is 4.79 Å². The van der Waals surface area contributed by atoms with Crippen molar-refractivity contribution in [2.75, 3.05) is 13.2 Å². The summed E-state index contributed by atoms with van der Waals surface area (Å²) in [6.45, 7) is 0.545. The number of halogens is 1. The van der Waals surface area contributed by atoms with Gasteiger partial charge in [-0.15, -0.1) is 12.4 Å². The molecule has 4 N–H and O–H groups in total. The van der Waals surface area contributed by atoms with Crippen molar-refractivity contribution in [1.82, 2.24) is 5.32 Å². The van der Waals surface area contributed by atoms with Crippen LogP contribution in [-0.4, -0.2) is 24.4 Å². The highest BCUT2D eigenvalue weighted by molar-refractivity contribution is 7.59. The summed E-state index contributed by atoms with van der Waals surface area (Å²) in [7, 11) is 0. The molecule has 0 saturated heterocycles. The highest BCUT2D eigenvalue weighted by atomic mass is 35.5. The minimum absolute atomic E-state index is 0. The van der Waals surface area contributed by atoms with Gasteiger partial charge in [0.2, 0.25) is 0 Å². The van der Waals surface area contributed by atoms with Crippen molar-refractivity contribution in [1.29, 1.82) is 0 Å². The first kappa shape index (κ1) is 24.8. The fourth-order valence-electron chi connectivity index (χ4n) is 3.83. The van der Waals surface area contributed by atoms with Gasteiger partial charge in [-0.3, -0.25) is 0 Å². The smallest absolute Gasteiger partial charge is 0.407 e. The summed E-state index contributed by atoms with van der Waals surface area (Å²) in [5, 5.41) is 11.9. The van der Waals surface area contributed by atoms with Crippen LogP contribution in [0.1, 0.15) is 34.2 Å². The molecule has 0 fully saturated rings. The van der Waals surface area contributed by atoms with Gasteiger partial charge >= 0.3 is 6.09 Å². The van der Waals surface area contributed by atoms with E-state index in [9.17, 15) is 4.79 Å². The number of nitrogens with one attached hydrogen (secondary N) is 1. The molecule has 7 heteroatoms. The maximum absolute atomic E-state index is 12.2. The Morgan fingerprint density at radius 3 is 2.06 bits per heavy atom. The van der Waals surface area contributed by atoms with Gasteiger partial charge in [0.15, 0.2) is 0 Å². The van der Waals surface area contributed by atoms with Crippen LogP contribution in [-0.2, 0) is 11.3 Å². The quantitative estimate of drug-likeness (QED) is 0.515. The van der Waals surface area contributed by atoms with E-state index in [1.54, 1.807) is 0 Å². The zero-order valence-electron chi connectivity index (χ0n) is 17.0. The third-order valence-corrected chi connectivity index (χ3v) is 5.40. The summed E-state index contributed by atoms with van der Waals surface area (Å²) < 4.78 is 5.52. The van der Waals surface area contributed by atoms with Gasteiger partial charge in [0.1, 0.15) is 6.61 Å². The fraction of sp³-hybridized carbons (Fsp3) is 0.208. The van der Waals surface area contributed by atoms with Crippen LogP contribution in [0.3, 0.4) is 0 Å². The average Bonchev–Trinajstić information content (AvgIpc) is 3.10. The molecule has 1 amide bonds. The van der Waals surface area contributed by atoms with E-state index in [2.05, 4.69) is 29.6 Å². The standard InChI is InChI=1S/C24H24N2O3.ClH.H2S/c25-23(17-11-9-16(14-27)10-12-17)13-26-24(28)29-15-22-20-7-3-1-5-18(20)19-6-2-4-8-21(19)22;;/h1-12,22-23,27H,13-15,25H2,(H,26,28);1H;1H2/t23-;;/m1../s1. The number of hydrogen-bond donors (Lipinski definition) is 3. The van der Waals surface area contributed by atoms with Crippen LogP contribution in [0.5, 0.6) is 0 Å². The van der Waals surface area contributed by atoms with Crippen molar-refractivity contribution in [2.45, 2.75) is 18.6 Å². The fourth-order valence-corrected chi connectivity index (χ4v) is 3.83. The topological polar surface area (TPSA) is 84.6 Å². The third kappa shape index (κ3) is 5.40. The Morgan fingerprint density at radius 2 is 1.52 bits per heavy atom. The van der Waals surface area contributed by atoms with E-state index in [1.807, 2.05) is 48.5 Å². The van der Waals surface area contributed by atoms with E-state index >= 15 is 0 Å². The van der Waals surface area contributed by atoms with E-state index in [4.69, 9.17) is 15.6 Å². The first-order valence-electron chi connectivity index (χ1n) is 9.71. The third-order valence-electron chi connectivity index (χ3n) is 5.40. The molecule has 0 saturated carbocycles. The van der Waals surface area contributed by atoms with Gasteiger partial charge in [0.25, 0.3) is 0 Å². The minimum Gasteiger partial charge on any atom is -0.449 e. The van der Waals surface area contributed by atoms with Gasteiger partial charge in [-0.1, -0.05) is 72.8 Å². The lowest BCUT2D eigenvalue weighted by atomic mass is 9.98. The number of carbonyl (C=O) groups is 1. The van der Waals surface area contributed by atoms with E-state index in [0.717, 1.165) is 11.1 Å². The molecule has 0 bridgehead atoms. The lowest BCUT2D eigenvalue weighted by Crippen LogP contribution is -2.33. The van der Waals surface area contributed by atoms with Gasteiger partial charge in [-0.05, 0) is 33.4 Å². The van der Waals surface area contributed by atoms with Crippen molar-refractivity contribution in [3.63, 3.8) is 0 Å². The molecule has 0 spiro atoms. The number of ether oxygens (including phenoxy) is 1. The van der Waals surface area contributed by atoms with Crippen LogP contribution in [0.25, 0.3) is 11.1 Å². The van der Waals surface area contributed by atoms with Gasteiger partial charge in [0, 0.05) is 18.5 Å². The van der Waals surface area contributed by atoms with Crippen LogP contribution in [0.15, 0.2) is 72.8 Å². The van der Waals surface area contributed by atoms with Crippen molar-refractivity contribution in [3.8, 4) is 11.1 Å². The lowest BCUT2D eigenvalue weighted by molar-refractivity contribution is 0.142. The molecule has 4 rings (SSSR count). The highest BCUT2D eigenvalue weighted by Gasteiger charge is 2.29. The van der Waals surface area contributed by atoms with Crippen molar-refractivity contribution in [3.05, 3.63) is 95.1 Å². The Kier molecular flexibility index (Phi) is 8.95. The van der Waals surface area contributed by atoms with E-state index in [0.29, 0.717) is 0 Å². The minimum atomic E-state index is -0.478. The first-order chi connectivity index (χ1) is 14.2. The predicted molar refractivity (Wildman–Crippen MR) is 130 cm³/mol. The molecule has 1 aliphatic rings. The second-order valence-corrected chi connectivity index (χ2v) is 7.21. The number of benzene rings is 3. The Labute approximate surface area is 195 Å². The average molecular weight is 459 g/mol. The number of nitrogens with two attached hydrogens (primary N) is 1. The second kappa shape index (κ2) is 11.2. The largest absolute Gasteiger partial charge is 0.449 e. The first-order valence-corrected chi connectivity index (χ1v) is 9.71. The summed E-state index contributed by atoms with van der Waals surface area (Å²) in [6, 6.07) is 23.5. The maximum atomic E-state index is 12.2. The maximum Gasteiger partial charge on any atom is 0.407 e. The number of alkyl carbamates (subject to hydrolysis) is 1. The molecule has 31 heavy (non-hydrogen) atoms. The summed E-state index contributed by atoms with van der Waals surface area (Å²) in [4.78, 5) is 12.2. The summed E-state index contributed by atoms with van der Waals surface area (Å²) in [6.07, 6.45) is -0.478. The number of hydrogen-bond acceptors (Lipinski definition) is 4. The summed E-state index contributed by atoms with van der Waals surface area (Å²) in [5.74, 6) is 0.0350. The molecule has 3 aromatic rings. The number of rotatable bonds is 6. The predicted octanol–water partition coefficient (Wildman–Crippen LogP) is 4.25. The molecule has 0 unspecified atom stereocenters. The molecule has 1 atom stereocenters. The number of aliphatic hydroxyl groups excluding tert-OH is 1. The number of carbonyl (C=O) groups excluding carboxylic acids is 1. The Hall–Kier alpha value is -2.51. The van der Waals surface area contributed by atoms with Crippen LogP contribution < -0.4 is 11.1 Å². The van der Waals surface area contributed by atoms with Crippen LogP contribution >= 0.6 is 25.9 Å². The highest BCUT2D eigenvalue weighted by Crippen LogP contribution is 2.44. The zero-order valence-corrected chi connectivity index (χ0v) is 18.8. The molecule has 0 aromatic heterocycles. The zero-order chi connectivity index (χ0) is 20.2. The van der Waals surface area contributed by atoms with Crippen LogP contribution in [0.2, 0.25) is 0 Å². The van der Waals surface area contributed by atoms with E-state index in [1.165, 1.54) is 22.3 Å². The summed E-state index contributed by atoms with van der Waals surface area (Å²) in [5.41, 5.74) is 12.6. The normalized spacial score (nSPS) is 12.6. The molecule has 0 aliphatic heterocycles. The molecule has 5 nitrogen and oxygen atoms in total. The monoisotopic (exact) mass is 458 g/mol. The molecular weight excluding hydrogens is 432 g/mol. The molecular formula is C24H27ClN2O3S. The SMILES string of the molecule is Cl.N[C@H](CNC(=O)OCC1c2ccccc2-c2ccccc21)c1ccc(CO)cc1.S. The molecule has 3 aromatic carbocycles. The van der Waals surface area contributed by atoms with Crippen LogP contribution in [0.4, 0.5) is 4.79 Å². The van der Waals surface area contributed by atoms with Gasteiger partial charge < -0.3 is 20.9 Å². The van der Waals surface area contributed by atoms with Crippen molar-refractivity contribution >= 4 is 32.0 Å². The van der Waals surface area contributed by atoms with Crippen molar-refractivity contribution < 1.29 is 14.6 Å². The van der Waals surface area contributed by atoms with Gasteiger partial charge in [0.05, 0.1) is 6.61 Å². The number of amides is 1. The Balaban J connectivity index is 0.00000171. The van der Waals surface area contributed by atoms with E-state index < -0.39 is 6.09 Å². The molecule has 0 radical (unpaired) electrons.